The summed E-state index contributed by atoms with van der Waals surface area (Å²) in [5, 5.41) is 9.97. The second-order valence-electron chi connectivity index (χ2n) is 4.65. The van der Waals surface area contributed by atoms with Gasteiger partial charge in [-0.05, 0) is 36.2 Å². The molecule has 0 fully saturated rings. The number of nitrogens with zero attached hydrogens (tertiary/aromatic N) is 2. The predicted molar refractivity (Wildman–Crippen MR) is 79.1 cm³/mol. The van der Waals surface area contributed by atoms with Gasteiger partial charge >= 0.3 is 0 Å². The van der Waals surface area contributed by atoms with Crippen molar-refractivity contribution in [2.75, 3.05) is 0 Å². The largest absolute Gasteiger partial charge is 0.392 e. The smallest absolute Gasteiger partial charge is 0.269 e. The van der Waals surface area contributed by atoms with E-state index in [9.17, 15) is 13.5 Å². The van der Waals surface area contributed by atoms with E-state index in [0.717, 1.165) is 5.39 Å². The lowest BCUT2D eigenvalue weighted by Gasteiger charge is -2.07. The van der Waals surface area contributed by atoms with Crippen LogP contribution in [0.3, 0.4) is 0 Å². The summed E-state index contributed by atoms with van der Waals surface area (Å²) < 4.78 is 26.6. The first-order valence-corrected chi connectivity index (χ1v) is 7.70. The summed E-state index contributed by atoms with van der Waals surface area (Å²) >= 11 is 0. The molecule has 3 aromatic rings. The number of hydrogen-bond acceptors (Lipinski definition) is 4. The molecule has 2 heterocycles. The van der Waals surface area contributed by atoms with E-state index in [1.807, 2.05) is 0 Å². The number of benzene rings is 1. The van der Waals surface area contributed by atoms with Crippen molar-refractivity contribution in [3.05, 3.63) is 67.0 Å². The Morgan fingerprint density at radius 2 is 2.10 bits per heavy atom. The van der Waals surface area contributed by atoms with E-state index >= 15 is 0 Å². The average molecular weight is 301 g/mol. The van der Waals surface area contributed by atoms with Gasteiger partial charge in [-0.3, -0.25) is 4.98 Å². The van der Waals surface area contributed by atoms with E-state index in [1.54, 1.807) is 24.3 Å². The van der Waals surface area contributed by atoms with Crippen molar-refractivity contribution in [2.24, 2.45) is 0 Å². The monoisotopic (exact) mass is 301 g/mol. The summed E-state index contributed by atoms with van der Waals surface area (Å²) in [6.07, 6.45) is 4.30. The van der Waals surface area contributed by atoms with Crippen LogP contribution in [0.1, 0.15) is 11.1 Å². The van der Waals surface area contributed by atoms with Crippen molar-refractivity contribution >= 4 is 20.9 Å². The first-order chi connectivity index (χ1) is 10.0. The van der Waals surface area contributed by atoms with Crippen LogP contribution in [0, 0.1) is 6.92 Å². The van der Waals surface area contributed by atoms with Crippen LogP contribution in [0.4, 0.5) is 0 Å². The fourth-order valence-corrected chi connectivity index (χ4v) is 3.57. The second-order valence-corrected chi connectivity index (χ2v) is 6.47. The van der Waals surface area contributed by atoms with Crippen LogP contribution >= 0.6 is 0 Å². The van der Waals surface area contributed by atoms with Gasteiger partial charge in [0.15, 0.2) is 0 Å². The number of aliphatic hydroxyl groups excluding tert-OH is 1. The molecule has 0 aliphatic rings. The normalized spacial score (nSPS) is 11.9. The molecule has 21 heavy (non-hydrogen) atoms. The number of aliphatic hydroxyl groups is 1. The molecule has 1 radical (unpaired) electrons. The highest BCUT2D eigenvalue weighted by molar-refractivity contribution is 7.90. The highest BCUT2D eigenvalue weighted by atomic mass is 32.2. The molecule has 0 unspecified atom stereocenters. The van der Waals surface area contributed by atoms with Gasteiger partial charge in [-0.25, -0.2) is 12.4 Å². The van der Waals surface area contributed by atoms with Gasteiger partial charge in [-0.1, -0.05) is 12.1 Å². The van der Waals surface area contributed by atoms with Crippen LogP contribution in [0.15, 0.2) is 53.8 Å². The second kappa shape index (κ2) is 4.98. The van der Waals surface area contributed by atoms with Gasteiger partial charge in [0.25, 0.3) is 10.0 Å². The Labute approximate surface area is 122 Å². The topological polar surface area (TPSA) is 72.2 Å². The van der Waals surface area contributed by atoms with Gasteiger partial charge < -0.3 is 5.11 Å². The molecule has 1 N–H and O–H groups in total. The third kappa shape index (κ3) is 2.22. The van der Waals surface area contributed by atoms with E-state index < -0.39 is 10.0 Å². The molecule has 1 aromatic carbocycles. The molecule has 0 aliphatic carbocycles. The molecular formula is C15H13N2O3S. The molecule has 2 aromatic heterocycles. The minimum absolute atomic E-state index is 0.108. The Morgan fingerprint density at radius 1 is 1.29 bits per heavy atom. The van der Waals surface area contributed by atoms with Crippen molar-refractivity contribution in [2.45, 2.75) is 11.5 Å². The molecule has 0 saturated heterocycles. The van der Waals surface area contributed by atoms with Crippen molar-refractivity contribution in [3.8, 4) is 0 Å². The Balaban J connectivity index is 2.30. The quantitative estimate of drug-likeness (QED) is 0.802. The molecule has 0 spiro atoms. The maximum absolute atomic E-state index is 12.7. The van der Waals surface area contributed by atoms with Crippen LogP contribution in [0.25, 0.3) is 10.9 Å². The minimum Gasteiger partial charge on any atom is -0.392 e. The Morgan fingerprint density at radius 3 is 2.76 bits per heavy atom. The highest BCUT2D eigenvalue weighted by Gasteiger charge is 2.20. The number of hydrogen-bond donors (Lipinski definition) is 1. The Hall–Kier alpha value is -2.18. The van der Waals surface area contributed by atoms with Crippen molar-refractivity contribution in [1.82, 2.24) is 8.96 Å². The summed E-state index contributed by atoms with van der Waals surface area (Å²) in [4.78, 5) is 3.96. The molecule has 0 aliphatic heterocycles. The van der Waals surface area contributed by atoms with Crippen LogP contribution in [-0.4, -0.2) is 22.5 Å². The van der Waals surface area contributed by atoms with Gasteiger partial charge in [-0.2, -0.15) is 0 Å². The van der Waals surface area contributed by atoms with Crippen LogP contribution in [0.2, 0.25) is 0 Å². The molecule has 0 saturated carbocycles. The van der Waals surface area contributed by atoms with E-state index in [-0.39, 0.29) is 11.5 Å². The van der Waals surface area contributed by atoms with Crippen molar-refractivity contribution in [3.63, 3.8) is 0 Å². The predicted octanol–water partition coefficient (Wildman–Crippen LogP) is 1.95. The summed E-state index contributed by atoms with van der Waals surface area (Å²) in [6.45, 7) is 3.72. The lowest BCUT2D eigenvalue weighted by Crippen LogP contribution is -2.12. The first kappa shape index (κ1) is 13.8. The molecule has 107 valence electrons. The maximum atomic E-state index is 12.7. The number of fused-ring (bicyclic) bond motifs is 1. The van der Waals surface area contributed by atoms with Crippen LogP contribution < -0.4 is 0 Å². The van der Waals surface area contributed by atoms with E-state index in [4.69, 9.17) is 0 Å². The third-order valence-corrected chi connectivity index (χ3v) is 4.95. The molecule has 0 amide bonds. The van der Waals surface area contributed by atoms with E-state index in [0.29, 0.717) is 16.6 Å². The van der Waals surface area contributed by atoms with Crippen molar-refractivity contribution in [1.29, 1.82) is 0 Å². The zero-order valence-corrected chi connectivity index (χ0v) is 11.9. The van der Waals surface area contributed by atoms with Gasteiger partial charge in [0, 0.05) is 24.0 Å². The zero-order chi connectivity index (χ0) is 15.0. The van der Waals surface area contributed by atoms with Gasteiger partial charge in [0.1, 0.15) is 4.90 Å². The molecule has 3 rings (SSSR count). The van der Waals surface area contributed by atoms with Gasteiger partial charge in [0.2, 0.25) is 0 Å². The third-order valence-electron chi connectivity index (χ3n) is 3.29. The van der Waals surface area contributed by atoms with Gasteiger partial charge in [-0.15, -0.1) is 0 Å². The minimum atomic E-state index is -3.74. The SMILES string of the molecule is [CH2]c1cn(S(=O)(=O)c2cccnc2)c2cc(CO)ccc12. The van der Waals surface area contributed by atoms with Crippen LogP contribution in [0.5, 0.6) is 0 Å². The maximum Gasteiger partial charge on any atom is 0.269 e. The summed E-state index contributed by atoms with van der Waals surface area (Å²) in [5.74, 6) is 0. The van der Waals surface area contributed by atoms with Gasteiger partial charge in [0.05, 0.1) is 12.1 Å². The lowest BCUT2D eigenvalue weighted by atomic mass is 10.1. The number of rotatable bonds is 3. The number of pyridine rings is 1. The van der Waals surface area contributed by atoms with Crippen molar-refractivity contribution < 1.29 is 13.5 Å². The number of aromatic nitrogens is 2. The lowest BCUT2D eigenvalue weighted by molar-refractivity contribution is 0.282. The first-order valence-electron chi connectivity index (χ1n) is 6.26. The molecule has 0 atom stereocenters. The fourth-order valence-electron chi connectivity index (χ4n) is 2.22. The standard InChI is InChI=1S/C15H13N2O3S/c1-11-9-17(15-7-12(10-18)4-5-14(11)15)21(19,20)13-3-2-6-16-8-13/h2-9,18H,1,10H2. The molecular weight excluding hydrogens is 288 g/mol. The van der Waals surface area contributed by atoms with E-state index in [2.05, 4.69) is 11.9 Å². The molecule has 0 bridgehead atoms. The van der Waals surface area contributed by atoms with E-state index in [1.165, 1.54) is 28.6 Å². The van der Waals surface area contributed by atoms with Crippen LogP contribution in [-0.2, 0) is 16.6 Å². The highest BCUT2D eigenvalue weighted by Crippen LogP contribution is 2.26. The molecule has 5 nitrogen and oxygen atoms in total. The molecule has 6 heteroatoms. The Bertz CT molecular complexity index is 899. The zero-order valence-electron chi connectivity index (χ0n) is 11.1. The summed E-state index contributed by atoms with van der Waals surface area (Å²) in [5.41, 5.74) is 1.75. The Kier molecular flexibility index (Phi) is 3.27. The average Bonchev–Trinajstić information content (AvgIpc) is 2.85. The summed E-state index contributed by atoms with van der Waals surface area (Å²) in [7, 11) is -3.74. The fraction of sp³-hybridized carbons (Fsp3) is 0.0667. The summed E-state index contributed by atoms with van der Waals surface area (Å²) in [6, 6.07) is 8.23.